The largest absolute Gasteiger partial charge is 0.378 e. The topological polar surface area (TPSA) is 105 Å². The van der Waals surface area contributed by atoms with Gasteiger partial charge in [-0.3, -0.25) is 15.6 Å². The zero-order chi connectivity index (χ0) is 18.4. The molecule has 1 aromatic rings. The molecule has 0 unspecified atom stereocenters. The minimum absolute atomic E-state index is 0.0961. The Morgan fingerprint density at radius 1 is 0.962 bits per heavy atom. The zero-order valence-electron chi connectivity index (χ0n) is 15.4. The SMILES string of the molecule is CC(C)CC(=O)NNc1nc(N2CCOCC2)nc(N2CCOCC2)n1. The normalized spacial score (nSPS) is 18.1. The Morgan fingerprint density at radius 2 is 1.46 bits per heavy atom. The molecule has 2 aliphatic heterocycles. The van der Waals surface area contributed by atoms with Crippen LogP contribution in [0.15, 0.2) is 0 Å². The molecule has 0 bridgehead atoms. The third kappa shape index (κ3) is 5.15. The quantitative estimate of drug-likeness (QED) is 0.676. The predicted octanol–water partition coefficient (Wildman–Crippen LogP) is 0.0340. The molecule has 3 rings (SSSR count). The van der Waals surface area contributed by atoms with Gasteiger partial charge in [0.05, 0.1) is 26.4 Å². The molecular formula is C16H27N7O3. The first-order valence-corrected chi connectivity index (χ1v) is 9.08. The summed E-state index contributed by atoms with van der Waals surface area (Å²) in [6, 6.07) is 0. The van der Waals surface area contributed by atoms with Gasteiger partial charge in [-0.2, -0.15) is 15.0 Å². The van der Waals surface area contributed by atoms with Gasteiger partial charge in [-0.15, -0.1) is 0 Å². The number of nitrogens with zero attached hydrogens (tertiary/aromatic N) is 5. The molecule has 0 aromatic carbocycles. The van der Waals surface area contributed by atoms with Crippen molar-refractivity contribution in [2.24, 2.45) is 5.92 Å². The lowest BCUT2D eigenvalue weighted by atomic mass is 10.1. The van der Waals surface area contributed by atoms with Crippen LogP contribution in [0.25, 0.3) is 0 Å². The van der Waals surface area contributed by atoms with Crippen molar-refractivity contribution in [1.82, 2.24) is 20.4 Å². The maximum Gasteiger partial charge on any atom is 0.248 e. The summed E-state index contributed by atoms with van der Waals surface area (Å²) in [5, 5.41) is 0. The van der Waals surface area contributed by atoms with E-state index in [4.69, 9.17) is 9.47 Å². The molecule has 3 heterocycles. The summed E-state index contributed by atoms with van der Waals surface area (Å²) in [5.41, 5.74) is 5.49. The van der Waals surface area contributed by atoms with Crippen LogP contribution in [0.1, 0.15) is 20.3 Å². The second-order valence-electron chi connectivity index (χ2n) is 6.73. The molecule has 1 amide bonds. The van der Waals surface area contributed by atoms with Crippen molar-refractivity contribution in [2.75, 3.05) is 67.8 Å². The van der Waals surface area contributed by atoms with Crippen molar-refractivity contribution in [3.05, 3.63) is 0 Å². The molecule has 2 N–H and O–H groups in total. The molecule has 26 heavy (non-hydrogen) atoms. The van der Waals surface area contributed by atoms with E-state index in [1.54, 1.807) is 0 Å². The molecule has 0 aliphatic carbocycles. The molecule has 144 valence electrons. The second-order valence-corrected chi connectivity index (χ2v) is 6.73. The number of nitrogens with one attached hydrogen (secondary N) is 2. The van der Waals surface area contributed by atoms with Crippen LogP contribution in [0.3, 0.4) is 0 Å². The number of ether oxygens (including phenoxy) is 2. The Hall–Kier alpha value is -2.20. The van der Waals surface area contributed by atoms with Crippen LogP contribution in [0.5, 0.6) is 0 Å². The smallest absolute Gasteiger partial charge is 0.248 e. The van der Waals surface area contributed by atoms with Gasteiger partial charge in [0.25, 0.3) is 0 Å². The van der Waals surface area contributed by atoms with E-state index in [0.29, 0.717) is 50.7 Å². The number of hydrazine groups is 1. The first-order chi connectivity index (χ1) is 12.6. The van der Waals surface area contributed by atoms with Crippen molar-refractivity contribution >= 4 is 23.8 Å². The van der Waals surface area contributed by atoms with Crippen molar-refractivity contribution in [1.29, 1.82) is 0 Å². The molecule has 1 aromatic heterocycles. The van der Waals surface area contributed by atoms with Crippen LogP contribution in [0, 0.1) is 5.92 Å². The first-order valence-electron chi connectivity index (χ1n) is 9.08. The van der Waals surface area contributed by atoms with Gasteiger partial charge in [-0.25, -0.2) is 0 Å². The fraction of sp³-hybridized carbons (Fsp3) is 0.750. The lowest BCUT2D eigenvalue weighted by Gasteiger charge is -2.30. The van der Waals surface area contributed by atoms with Gasteiger partial charge in [0, 0.05) is 32.6 Å². The lowest BCUT2D eigenvalue weighted by molar-refractivity contribution is -0.121. The second kappa shape index (κ2) is 8.95. The van der Waals surface area contributed by atoms with E-state index in [-0.39, 0.29) is 11.8 Å². The van der Waals surface area contributed by atoms with Gasteiger partial charge in [0.1, 0.15) is 0 Å². The van der Waals surface area contributed by atoms with Crippen molar-refractivity contribution in [3.63, 3.8) is 0 Å². The number of hydrogen-bond donors (Lipinski definition) is 2. The highest BCUT2D eigenvalue weighted by Gasteiger charge is 2.20. The van der Waals surface area contributed by atoms with Gasteiger partial charge in [0.15, 0.2) is 0 Å². The number of morpholine rings is 2. The maximum absolute atomic E-state index is 11.9. The summed E-state index contributed by atoms with van der Waals surface area (Å²) in [7, 11) is 0. The fourth-order valence-corrected chi connectivity index (χ4v) is 2.77. The Labute approximate surface area is 153 Å². The van der Waals surface area contributed by atoms with Gasteiger partial charge >= 0.3 is 0 Å². The summed E-state index contributed by atoms with van der Waals surface area (Å²) >= 11 is 0. The molecule has 0 saturated carbocycles. The van der Waals surface area contributed by atoms with E-state index in [0.717, 1.165) is 26.2 Å². The van der Waals surface area contributed by atoms with Crippen molar-refractivity contribution in [3.8, 4) is 0 Å². The number of carbonyl (C=O) groups excluding carboxylic acids is 1. The van der Waals surface area contributed by atoms with Gasteiger partial charge in [0.2, 0.25) is 23.8 Å². The summed E-state index contributed by atoms with van der Waals surface area (Å²) in [5.74, 6) is 1.69. The van der Waals surface area contributed by atoms with E-state index in [1.807, 2.05) is 13.8 Å². The monoisotopic (exact) mass is 365 g/mol. The average molecular weight is 365 g/mol. The predicted molar refractivity (Wildman–Crippen MR) is 97.1 cm³/mol. The Kier molecular flexibility index (Phi) is 6.40. The molecule has 2 saturated heterocycles. The molecular weight excluding hydrogens is 338 g/mol. The summed E-state index contributed by atoms with van der Waals surface area (Å²) in [4.78, 5) is 29.6. The van der Waals surface area contributed by atoms with Crippen LogP contribution in [-0.2, 0) is 14.3 Å². The minimum Gasteiger partial charge on any atom is -0.378 e. The van der Waals surface area contributed by atoms with E-state index in [9.17, 15) is 4.79 Å². The minimum atomic E-state index is -0.0961. The van der Waals surface area contributed by atoms with E-state index in [2.05, 4.69) is 35.6 Å². The molecule has 2 fully saturated rings. The summed E-state index contributed by atoms with van der Waals surface area (Å²) in [6.45, 7) is 9.48. The van der Waals surface area contributed by atoms with Crippen LogP contribution < -0.4 is 20.7 Å². The number of carbonyl (C=O) groups is 1. The fourth-order valence-electron chi connectivity index (χ4n) is 2.77. The Balaban J connectivity index is 1.76. The molecule has 0 spiro atoms. The van der Waals surface area contributed by atoms with Crippen molar-refractivity contribution in [2.45, 2.75) is 20.3 Å². The van der Waals surface area contributed by atoms with Gasteiger partial charge in [-0.05, 0) is 5.92 Å². The number of rotatable bonds is 6. The van der Waals surface area contributed by atoms with Crippen LogP contribution in [0.2, 0.25) is 0 Å². The van der Waals surface area contributed by atoms with Crippen molar-refractivity contribution < 1.29 is 14.3 Å². The number of anilines is 3. The average Bonchev–Trinajstić information content (AvgIpc) is 2.67. The summed E-state index contributed by atoms with van der Waals surface area (Å²) in [6.07, 6.45) is 0.435. The van der Waals surface area contributed by atoms with E-state index >= 15 is 0 Å². The molecule has 10 nitrogen and oxygen atoms in total. The van der Waals surface area contributed by atoms with Crippen LogP contribution >= 0.6 is 0 Å². The highest BCUT2D eigenvalue weighted by atomic mass is 16.5. The molecule has 0 atom stereocenters. The third-order valence-corrected chi connectivity index (χ3v) is 4.11. The first kappa shape index (κ1) is 18.6. The molecule has 0 radical (unpaired) electrons. The number of aromatic nitrogens is 3. The highest BCUT2D eigenvalue weighted by molar-refractivity contribution is 5.77. The zero-order valence-corrected chi connectivity index (χ0v) is 15.4. The standard InChI is InChI=1S/C16H27N7O3/c1-12(2)11-13(24)20-21-14-17-15(22-3-7-25-8-4-22)19-16(18-14)23-5-9-26-10-6-23/h12H,3-11H2,1-2H3,(H,20,24)(H,17,18,19,21). The Morgan fingerprint density at radius 3 is 1.92 bits per heavy atom. The maximum atomic E-state index is 11.9. The van der Waals surface area contributed by atoms with Gasteiger partial charge < -0.3 is 19.3 Å². The van der Waals surface area contributed by atoms with Crippen LogP contribution in [0.4, 0.5) is 17.8 Å². The summed E-state index contributed by atoms with van der Waals surface area (Å²) < 4.78 is 10.8. The van der Waals surface area contributed by atoms with E-state index < -0.39 is 0 Å². The Bertz CT molecular complexity index is 565. The van der Waals surface area contributed by atoms with Gasteiger partial charge in [-0.1, -0.05) is 13.8 Å². The van der Waals surface area contributed by atoms with Crippen LogP contribution in [-0.4, -0.2) is 73.5 Å². The van der Waals surface area contributed by atoms with E-state index in [1.165, 1.54) is 0 Å². The number of hydrogen-bond acceptors (Lipinski definition) is 9. The molecule has 10 heteroatoms. The highest BCUT2D eigenvalue weighted by Crippen LogP contribution is 2.18. The molecule has 2 aliphatic rings. The number of amides is 1. The lowest BCUT2D eigenvalue weighted by Crippen LogP contribution is -2.40. The third-order valence-electron chi connectivity index (χ3n) is 4.11.